The van der Waals surface area contributed by atoms with Gasteiger partial charge in [-0.15, -0.1) is 0 Å². The molecule has 1 heterocycles. The summed E-state index contributed by atoms with van der Waals surface area (Å²) in [4.78, 5) is 22.7. The van der Waals surface area contributed by atoms with Crippen molar-refractivity contribution in [3.8, 4) is 0 Å². The van der Waals surface area contributed by atoms with Gasteiger partial charge in [-0.3, -0.25) is 4.79 Å². The van der Waals surface area contributed by atoms with Crippen LogP contribution in [-0.4, -0.2) is 41.7 Å². The molecule has 0 spiro atoms. The molecule has 0 atom stereocenters. The van der Waals surface area contributed by atoms with Crippen LogP contribution in [0.5, 0.6) is 0 Å². The van der Waals surface area contributed by atoms with Gasteiger partial charge >= 0.3 is 12.0 Å². The van der Waals surface area contributed by atoms with Crippen LogP contribution in [0.25, 0.3) is 0 Å². The van der Waals surface area contributed by atoms with E-state index in [0.29, 0.717) is 18.4 Å². The minimum Gasteiger partial charge on any atom is -0.481 e. The second kappa shape index (κ2) is 8.51. The van der Waals surface area contributed by atoms with Crippen molar-refractivity contribution >= 4 is 23.8 Å². The van der Waals surface area contributed by atoms with E-state index in [0.717, 1.165) is 32.2 Å². The number of carbonyl (C=O) groups is 2. The zero-order valence-electron chi connectivity index (χ0n) is 12.5. The lowest BCUT2D eigenvalue weighted by molar-refractivity contribution is -0.143. The summed E-state index contributed by atoms with van der Waals surface area (Å²) in [6, 6.07) is -0.0754. The van der Waals surface area contributed by atoms with Gasteiger partial charge in [0.1, 0.15) is 0 Å². The van der Waals surface area contributed by atoms with Crippen molar-refractivity contribution in [3.63, 3.8) is 0 Å². The Bertz CT molecular complexity index is 351. The zero-order valence-corrected chi connectivity index (χ0v) is 13.3. The maximum absolute atomic E-state index is 11.8. The lowest BCUT2D eigenvalue weighted by atomic mass is 9.82. The molecule has 2 rings (SSSR count). The van der Waals surface area contributed by atoms with Gasteiger partial charge in [-0.1, -0.05) is 0 Å². The molecule has 0 bridgehead atoms. The monoisotopic (exact) mass is 314 g/mol. The molecule has 1 aliphatic carbocycles. The molecule has 5 nitrogen and oxygen atoms in total. The molecule has 2 fully saturated rings. The van der Waals surface area contributed by atoms with Crippen molar-refractivity contribution in [1.29, 1.82) is 0 Å². The third kappa shape index (κ3) is 5.77. The second-order valence-corrected chi connectivity index (χ2v) is 7.43. The van der Waals surface area contributed by atoms with Crippen LogP contribution in [0.4, 0.5) is 4.79 Å². The van der Waals surface area contributed by atoms with Gasteiger partial charge in [0.15, 0.2) is 0 Å². The summed E-state index contributed by atoms with van der Waals surface area (Å²) in [5, 5.41) is 14.9. The predicted molar refractivity (Wildman–Crippen MR) is 84.5 cm³/mol. The number of urea groups is 1. The summed E-state index contributed by atoms with van der Waals surface area (Å²) >= 11 is 1.99. The van der Waals surface area contributed by atoms with Gasteiger partial charge in [0.05, 0.1) is 5.92 Å². The van der Waals surface area contributed by atoms with Crippen molar-refractivity contribution < 1.29 is 14.7 Å². The van der Waals surface area contributed by atoms with Gasteiger partial charge in [0, 0.05) is 13.1 Å². The first-order chi connectivity index (χ1) is 10.1. The van der Waals surface area contributed by atoms with E-state index in [-0.39, 0.29) is 11.9 Å². The zero-order chi connectivity index (χ0) is 15.1. The van der Waals surface area contributed by atoms with E-state index in [1.807, 2.05) is 11.8 Å². The summed E-state index contributed by atoms with van der Waals surface area (Å²) in [7, 11) is 0. The number of rotatable bonds is 5. The fourth-order valence-electron chi connectivity index (χ4n) is 3.10. The minimum absolute atomic E-state index is 0.0754. The van der Waals surface area contributed by atoms with E-state index in [1.54, 1.807) is 0 Å². The van der Waals surface area contributed by atoms with E-state index >= 15 is 0 Å². The van der Waals surface area contributed by atoms with Crippen LogP contribution >= 0.6 is 11.8 Å². The number of aliphatic carboxylic acids is 1. The molecule has 120 valence electrons. The molecule has 0 radical (unpaired) electrons. The van der Waals surface area contributed by atoms with Crippen LogP contribution in [0, 0.1) is 17.8 Å². The average Bonchev–Trinajstić information content (AvgIpc) is 2.52. The standard InChI is InChI=1S/C15H26N2O3S/c18-14(19)13-3-1-11(2-4-13)9-16-15(20)17-10-12-5-7-21-8-6-12/h11-13H,1-10H2,(H,18,19)(H2,16,17,20). The predicted octanol–water partition coefficient (Wildman–Crippen LogP) is 2.32. The summed E-state index contributed by atoms with van der Waals surface area (Å²) in [6.45, 7) is 1.44. The highest BCUT2D eigenvalue weighted by Crippen LogP contribution is 2.28. The molecule has 3 N–H and O–H groups in total. The molecule has 21 heavy (non-hydrogen) atoms. The molecule has 0 aromatic heterocycles. The topological polar surface area (TPSA) is 78.4 Å². The first-order valence-corrected chi connectivity index (χ1v) is 9.13. The van der Waals surface area contributed by atoms with Crippen LogP contribution in [-0.2, 0) is 4.79 Å². The van der Waals surface area contributed by atoms with E-state index in [4.69, 9.17) is 5.11 Å². The van der Waals surface area contributed by atoms with E-state index in [1.165, 1.54) is 24.3 Å². The Morgan fingerprint density at radius 2 is 1.43 bits per heavy atom. The average molecular weight is 314 g/mol. The van der Waals surface area contributed by atoms with E-state index in [9.17, 15) is 9.59 Å². The molecule has 2 aliphatic rings. The number of amides is 2. The fraction of sp³-hybridized carbons (Fsp3) is 0.867. The number of carboxylic acid groups (broad SMARTS) is 1. The molecule has 0 aromatic carbocycles. The SMILES string of the molecule is O=C(NCC1CCSCC1)NCC1CCC(C(=O)O)CC1. The number of hydrogen-bond acceptors (Lipinski definition) is 3. The summed E-state index contributed by atoms with van der Waals surface area (Å²) in [6.07, 6.45) is 5.68. The molecular formula is C15H26N2O3S. The highest BCUT2D eigenvalue weighted by Gasteiger charge is 2.26. The first kappa shape index (κ1) is 16.5. The van der Waals surface area contributed by atoms with Crippen LogP contribution < -0.4 is 10.6 Å². The lowest BCUT2D eigenvalue weighted by Gasteiger charge is -2.26. The summed E-state index contributed by atoms with van der Waals surface area (Å²) < 4.78 is 0. The van der Waals surface area contributed by atoms with E-state index in [2.05, 4.69) is 10.6 Å². The second-order valence-electron chi connectivity index (χ2n) is 6.20. The van der Waals surface area contributed by atoms with Crippen LogP contribution in [0.1, 0.15) is 38.5 Å². The normalized spacial score (nSPS) is 27.0. The molecule has 1 saturated heterocycles. The van der Waals surface area contributed by atoms with Crippen LogP contribution in [0.2, 0.25) is 0 Å². The van der Waals surface area contributed by atoms with Gasteiger partial charge < -0.3 is 15.7 Å². The third-order valence-corrected chi connectivity index (χ3v) is 5.69. The van der Waals surface area contributed by atoms with Gasteiger partial charge in [0.2, 0.25) is 0 Å². The maximum Gasteiger partial charge on any atom is 0.314 e. The van der Waals surface area contributed by atoms with Gasteiger partial charge in [-0.05, 0) is 61.9 Å². The summed E-state index contributed by atoms with van der Waals surface area (Å²) in [5.74, 6) is 2.62. The Hall–Kier alpha value is -0.910. The molecule has 1 aliphatic heterocycles. The van der Waals surface area contributed by atoms with Gasteiger partial charge in [-0.25, -0.2) is 4.79 Å². The Morgan fingerprint density at radius 1 is 0.905 bits per heavy atom. The van der Waals surface area contributed by atoms with E-state index < -0.39 is 5.97 Å². The Labute approximate surface area is 130 Å². The molecule has 1 saturated carbocycles. The van der Waals surface area contributed by atoms with Crippen molar-refractivity contribution in [2.45, 2.75) is 38.5 Å². The van der Waals surface area contributed by atoms with Gasteiger partial charge in [-0.2, -0.15) is 11.8 Å². The van der Waals surface area contributed by atoms with Crippen molar-refractivity contribution in [2.75, 3.05) is 24.6 Å². The maximum atomic E-state index is 11.8. The highest BCUT2D eigenvalue weighted by atomic mass is 32.2. The largest absolute Gasteiger partial charge is 0.481 e. The lowest BCUT2D eigenvalue weighted by Crippen LogP contribution is -2.41. The number of carboxylic acids is 1. The smallest absolute Gasteiger partial charge is 0.314 e. The number of nitrogens with one attached hydrogen (secondary N) is 2. The first-order valence-electron chi connectivity index (χ1n) is 7.97. The minimum atomic E-state index is -0.676. The number of carbonyl (C=O) groups excluding carboxylic acids is 1. The third-order valence-electron chi connectivity index (χ3n) is 4.64. The molecule has 0 aromatic rings. The van der Waals surface area contributed by atoms with Crippen molar-refractivity contribution in [2.24, 2.45) is 17.8 Å². The van der Waals surface area contributed by atoms with Crippen molar-refractivity contribution in [3.05, 3.63) is 0 Å². The van der Waals surface area contributed by atoms with Crippen LogP contribution in [0.3, 0.4) is 0 Å². The Morgan fingerprint density at radius 3 is 1.95 bits per heavy atom. The number of hydrogen-bond donors (Lipinski definition) is 3. The Kier molecular flexibility index (Phi) is 6.67. The molecule has 0 unspecified atom stereocenters. The number of thioether (sulfide) groups is 1. The molecule has 6 heteroatoms. The quantitative estimate of drug-likeness (QED) is 0.728. The highest BCUT2D eigenvalue weighted by molar-refractivity contribution is 7.99. The fourth-order valence-corrected chi connectivity index (χ4v) is 4.30. The van der Waals surface area contributed by atoms with Gasteiger partial charge in [0.25, 0.3) is 0 Å². The molecule has 2 amide bonds. The van der Waals surface area contributed by atoms with Crippen LogP contribution in [0.15, 0.2) is 0 Å². The molecular weight excluding hydrogens is 288 g/mol. The van der Waals surface area contributed by atoms with Crippen molar-refractivity contribution in [1.82, 2.24) is 10.6 Å². The Balaban J connectivity index is 1.55. The summed E-state index contributed by atoms with van der Waals surface area (Å²) in [5.41, 5.74) is 0.